The highest BCUT2D eigenvalue weighted by Crippen LogP contribution is 2.06. The highest BCUT2D eigenvalue weighted by atomic mass is 19.1. The minimum atomic E-state index is -0.618. The second-order valence-corrected chi connectivity index (χ2v) is 4.92. The Morgan fingerprint density at radius 3 is 2.57 bits per heavy atom. The Bertz CT molecular complexity index is 1030. The van der Waals surface area contributed by atoms with Crippen molar-refractivity contribution < 1.29 is 4.39 Å². The Labute approximate surface area is 129 Å². The smallest absolute Gasteiger partial charge is 0.268 e. The minimum absolute atomic E-state index is 0.00574. The van der Waals surface area contributed by atoms with Crippen LogP contribution in [0, 0.1) is 17.1 Å². The molecule has 0 fully saturated rings. The summed E-state index contributed by atoms with van der Waals surface area (Å²) in [6, 6.07) is 10.6. The van der Waals surface area contributed by atoms with E-state index in [9.17, 15) is 14.0 Å². The fraction of sp³-hybridized carbons (Fsp3) is 0.125. The third kappa shape index (κ3) is 2.62. The summed E-state index contributed by atoms with van der Waals surface area (Å²) >= 11 is 0. The second kappa shape index (κ2) is 5.85. The van der Waals surface area contributed by atoms with Crippen molar-refractivity contribution in [2.75, 3.05) is 0 Å². The molecule has 0 saturated heterocycles. The molecular formula is C16H11FN4O2. The molecule has 0 saturated carbocycles. The van der Waals surface area contributed by atoms with Crippen LogP contribution in [0.5, 0.6) is 0 Å². The summed E-state index contributed by atoms with van der Waals surface area (Å²) in [6.45, 7) is -0.218. The maximum absolute atomic E-state index is 13.0. The van der Waals surface area contributed by atoms with Crippen LogP contribution < -0.4 is 11.2 Å². The zero-order valence-electron chi connectivity index (χ0n) is 11.9. The molecule has 3 aromatic rings. The topological polar surface area (TPSA) is 80.7 Å². The Kier molecular flexibility index (Phi) is 3.73. The predicted molar refractivity (Wildman–Crippen MR) is 81.4 cm³/mol. The van der Waals surface area contributed by atoms with Crippen LogP contribution in [0.25, 0.3) is 11.0 Å². The van der Waals surface area contributed by atoms with Gasteiger partial charge in [0.1, 0.15) is 18.0 Å². The van der Waals surface area contributed by atoms with E-state index in [-0.39, 0.29) is 24.1 Å². The van der Waals surface area contributed by atoms with Crippen LogP contribution in [-0.4, -0.2) is 14.1 Å². The summed E-state index contributed by atoms with van der Waals surface area (Å²) in [6.07, 6.45) is 1.46. The van der Waals surface area contributed by atoms with Gasteiger partial charge in [0, 0.05) is 6.20 Å². The van der Waals surface area contributed by atoms with Crippen LogP contribution in [0.1, 0.15) is 5.56 Å². The lowest BCUT2D eigenvalue weighted by molar-refractivity contribution is 0.621. The Balaban J connectivity index is 2.24. The van der Waals surface area contributed by atoms with E-state index >= 15 is 0 Å². The molecule has 6 nitrogen and oxygen atoms in total. The van der Waals surface area contributed by atoms with E-state index in [0.717, 1.165) is 9.13 Å². The van der Waals surface area contributed by atoms with Gasteiger partial charge in [-0.3, -0.25) is 13.9 Å². The molecule has 7 heteroatoms. The number of nitrogens with zero attached hydrogens (tertiary/aromatic N) is 4. The van der Waals surface area contributed by atoms with Crippen LogP contribution >= 0.6 is 0 Å². The minimum Gasteiger partial charge on any atom is -0.268 e. The molecule has 3 rings (SSSR count). The second-order valence-electron chi connectivity index (χ2n) is 4.92. The molecule has 0 aliphatic heterocycles. The van der Waals surface area contributed by atoms with Gasteiger partial charge < -0.3 is 0 Å². The van der Waals surface area contributed by atoms with E-state index in [1.165, 1.54) is 30.5 Å². The average Bonchev–Trinajstić information content (AvgIpc) is 2.57. The first kappa shape index (κ1) is 14.7. The summed E-state index contributed by atoms with van der Waals surface area (Å²) in [7, 11) is 0. The molecule has 0 aliphatic carbocycles. The van der Waals surface area contributed by atoms with Gasteiger partial charge in [-0.2, -0.15) is 5.26 Å². The molecule has 1 aromatic carbocycles. The predicted octanol–water partition coefficient (Wildman–Crippen LogP) is 1.27. The molecule has 2 aromatic heterocycles. The molecule has 0 aliphatic rings. The Morgan fingerprint density at radius 2 is 1.87 bits per heavy atom. The molecular weight excluding hydrogens is 299 g/mol. The van der Waals surface area contributed by atoms with Gasteiger partial charge >= 0.3 is 5.69 Å². The maximum Gasteiger partial charge on any atom is 0.333 e. The summed E-state index contributed by atoms with van der Waals surface area (Å²) in [5.74, 6) is -0.398. The van der Waals surface area contributed by atoms with Gasteiger partial charge in [-0.05, 0) is 29.8 Å². The number of hydrogen-bond acceptors (Lipinski definition) is 4. The number of benzene rings is 1. The van der Waals surface area contributed by atoms with Crippen molar-refractivity contribution in [3.63, 3.8) is 0 Å². The maximum atomic E-state index is 13.0. The SMILES string of the molecule is N#CCn1c(=O)n(Cc2ccc(F)cc2)c(=O)c2cccnc21. The molecule has 0 amide bonds. The molecule has 2 heterocycles. The number of aromatic nitrogens is 3. The molecule has 0 radical (unpaired) electrons. The summed E-state index contributed by atoms with van der Waals surface area (Å²) in [4.78, 5) is 29.1. The van der Waals surface area contributed by atoms with Gasteiger partial charge in [-0.15, -0.1) is 0 Å². The number of nitriles is 1. The van der Waals surface area contributed by atoms with Gasteiger partial charge in [-0.1, -0.05) is 12.1 Å². The first-order chi connectivity index (χ1) is 11.1. The third-order valence-corrected chi connectivity index (χ3v) is 3.46. The van der Waals surface area contributed by atoms with Crippen molar-refractivity contribution in [3.8, 4) is 6.07 Å². The fourth-order valence-electron chi connectivity index (χ4n) is 2.37. The molecule has 0 N–H and O–H groups in total. The molecule has 114 valence electrons. The first-order valence-electron chi connectivity index (χ1n) is 6.81. The average molecular weight is 310 g/mol. The molecule has 0 unspecified atom stereocenters. The Hall–Kier alpha value is -3.27. The zero-order valence-corrected chi connectivity index (χ0v) is 11.9. The van der Waals surface area contributed by atoms with Crippen LogP contribution in [0.2, 0.25) is 0 Å². The number of halogens is 1. The number of fused-ring (bicyclic) bond motifs is 1. The van der Waals surface area contributed by atoms with Crippen molar-refractivity contribution in [2.45, 2.75) is 13.1 Å². The monoisotopic (exact) mass is 310 g/mol. The van der Waals surface area contributed by atoms with Gasteiger partial charge in [0.15, 0.2) is 0 Å². The van der Waals surface area contributed by atoms with E-state index in [1.807, 2.05) is 6.07 Å². The fourth-order valence-corrected chi connectivity index (χ4v) is 2.37. The van der Waals surface area contributed by atoms with Gasteiger partial charge in [0.2, 0.25) is 0 Å². The number of pyridine rings is 1. The molecule has 0 spiro atoms. The van der Waals surface area contributed by atoms with Crippen molar-refractivity contribution in [3.05, 3.63) is 74.8 Å². The normalized spacial score (nSPS) is 10.6. The van der Waals surface area contributed by atoms with Crippen molar-refractivity contribution >= 4 is 11.0 Å². The van der Waals surface area contributed by atoms with E-state index in [1.54, 1.807) is 12.1 Å². The van der Waals surface area contributed by atoms with Crippen molar-refractivity contribution in [1.29, 1.82) is 5.26 Å². The number of rotatable bonds is 3. The van der Waals surface area contributed by atoms with E-state index in [0.29, 0.717) is 5.56 Å². The van der Waals surface area contributed by atoms with Crippen LogP contribution in [0.3, 0.4) is 0 Å². The highest BCUT2D eigenvalue weighted by Gasteiger charge is 2.13. The van der Waals surface area contributed by atoms with Gasteiger partial charge in [0.25, 0.3) is 5.56 Å². The lowest BCUT2D eigenvalue weighted by Gasteiger charge is -2.11. The summed E-state index contributed by atoms with van der Waals surface area (Å²) in [5, 5.41) is 9.17. The van der Waals surface area contributed by atoms with Crippen LogP contribution in [0.4, 0.5) is 4.39 Å². The quantitative estimate of drug-likeness (QED) is 0.729. The number of hydrogen-bond donors (Lipinski definition) is 0. The standard InChI is InChI=1S/C16H11FN4O2/c17-12-5-3-11(4-6-12)10-21-15(22)13-2-1-8-19-14(13)20(9-7-18)16(21)23/h1-6,8H,9-10H2. The lowest BCUT2D eigenvalue weighted by atomic mass is 10.2. The first-order valence-corrected chi connectivity index (χ1v) is 6.81. The van der Waals surface area contributed by atoms with E-state index in [2.05, 4.69) is 4.98 Å². The molecule has 0 bridgehead atoms. The summed E-state index contributed by atoms with van der Waals surface area (Å²) in [5.41, 5.74) is -0.319. The van der Waals surface area contributed by atoms with E-state index < -0.39 is 17.1 Å². The van der Waals surface area contributed by atoms with Crippen LogP contribution in [0.15, 0.2) is 52.2 Å². The van der Waals surface area contributed by atoms with E-state index in [4.69, 9.17) is 5.26 Å². The molecule has 0 atom stereocenters. The van der Waals surface area contributed by atoms with Crippen molar-refractivity contribution in [1.82, 2.24) is 14.1 Å². The molecule has 23 heavy (non-hydrogen) atoms. The lowest BCUT2D eigenvalue weighted by Crippen LogP contribution is -2.40. The van der Waals surface area contributed by atoms with Crippen LogP contribution in [-0.2, 0) is 13.1 Å². The third-order valence-electron chi connectivity index (χ3n) is 3.46. The zero-order chi connectivity index (χ0) is 16.4. The largest absolute Gasteiger partial charge is 0.333 e. The Morgan fingerprint density at radius 1 is 1.13 bits per heavy atom. The van der Waals surface area contributed by atoms with Crippen molar-refractivity contribution in [2.24, 2.45) is 0 Å². The summed E-state index contributed by atoms with van der Waals surface area (Å²) < 4.78 is 15.2. The van der Waals surface area contributed by atoms with Gasteiger partial charge in [0.05, 0.1) is 18.0 Å². The highest BCUT2D eigenvalue weighted by molar-refractivity contribution is 5.73. The van der Waals surface area contributed by atoms with Gasteiger partial charge in [-0.25, -0.2) is 14.2 Å².